The van der Waals surface area contributed by atoms with E-state index in [0.29, 0.717) is 19.6 Å². The molecule has 1 saturated heterocycles. The Balaban J connectivity index is 1.62. The minimum atomic E-state index is -3.41. The first-order valence-electron chi connectivity index (χ1n) is 6.94. The lowest BCUT2D eigenvalue weighted by Crippen LogP contribution is -2.56. The average molecular weight is 306 g/mol. The van der Waals surface area contributed by atoms with Gasteiger partial charge in [0.15, 0.2) is 0 Å². The molecule has 0 saturated carbocycles. The first kappa shape index (κ1) is 14.1. The lowest BCUT2D eigenvalue weighted by Gasteiger charge is -2.38. The van der Waals surface area contributed by atoms with Crippen LogP contribution in [0.15, 0.2) is 47.6 Å². The maximum Gasteiger partial charge on any atom is 0.246 e. The van der Waals surface area contributed by atoms with Crippen LogP contribution in [-0.4, -0.2) is 41.6 Å². The summed E-state index contributed by atoms with van der Waals surface area (Å²) in [6, 6.07) is 9.96. The number of nitrogens with zero attached hydrogens (tertiary/aromatic N) is 3. The number of rotatable bonds is 5. The largest absolute Gasteiger partial charge is 0.380 e. The van der Waals surface area contributed by atoms with E-state index in [9.17, 15) is 8.42 Å². The highest BCUT2D eigenvalue weighted by Gasteiger charge is 2.37. The number of hydrogen-bond donors (Lipinski definition) is 1. The van der Waals surface area contributed by atoms with Gasteiger partial charge in [-0.15, -0.1) is 0 Å². The van der Waals surface area contributed by atoms with Crippen molar-refractivity contribution in [3.8, 4) is 0 Å². The maximum atomic E-state index is 12.4. The van der Waals surface area contributed by atoms with Gasteiger partial charge in [0, 0.05) is 31.5 Å². The average Bonchev–Trinajstić information content (AvgIpc) is 2.93. The van der Waals surface area contributed by atoms with Crippen molar-refractivity contribution in [2.24, 2.45) is 0 Å². The zero-order valence-corrected chi connectivity index (χ0v) is 12.6. The van der Waals surface area contributed by atoms with Gasteiger partial charge in [-0.25, -0.2) is 8.42 Å². The normalized spacial score (nSPS) is 16.6. The lowest BCUT2D eigenvalue weighted by atomic mass is 10.1. The molecule has 2 heterocycles. The highest BCUT2D eigenvalue weighted by Crippen LogP contribution is 2.23. The van der Waals surface area contributed by atoms with Crippen molar-refractivity contribution in [2.75, 3.05) is 18.4 Å². The standard InChI is InChI=1S/C14H18N4O2S/c1-2-17-11-14(8-15-17)21(19,20)18-9-13(10-18)16-12-6-4-3-5-7-12/h3-8,11,13,16H,2,9-10H2,1H3. The fourth-order valence-corrected chi connectivity index (χ4v) is 3.78. The minimum Gasteiger partial charge on any atom is -0.380 e. The van der Waals surface area contributed by atoms with Crippen LogP contribution >= 0.6 is 0 Å². The van der Waals surface area contributed by atoms with Gasteiger partial charge in [0.25, 0.3) is 0 Å². The molecule has 0 bridgehead atoms. The summed E-state index contributed by atoms with van der Waals surface area (Å²) in [7, 11) is -3.41. The van der Waals surface area contributed by atoms with Crippen LogP contribution in [-0.2, 0) is 16.6 Å². The predicted molar refractivity (Wildman–Crippen MR) is 80.5 cm³/mol. The predicted octanol–water partition coefficient (Wildman–Crippen LogP) is 1.39. The summed E-state index contributed by atoms with van der Waals surface area (Å²) in [5.41, 5.74) is 1.01. The van der Waals surface area contributed by atoms with Crippen molar-refractivity contribution in [1.82, 2.24) is 14.1 Å². The molecule has 21 heavy (non-hydrogen) atoms. The van der Waals surface area contributed by atoms with Crippen LogP contribution in [0.25, 0.3) is 0 Å². The van der Waals surface area contributed by atoms with Gasteiger partial charge in [0.1, 0.15) is 4.90 Å². The second-order valence-electron chi connectivity index (χ2n) is 5.06. The fourth-order valence-electron chi connectivity index (χ4n) is 2.30. The van der Waals surface area contributed by atoms with Crippen LogP contribution < -0.4 is 5.32 Å². The van der Waals surface area contributed by atoms with Crippen molar-refractivity contribution in [3.05, 3.63) is 42.7 Å². The smallest absolute Gasteiger partial charge is 0.246 e. The topological polar surface area (TPSA) is 67.2 Å². The van der Waals surface area contributed by atoms with Gasteiger partial charge in [-0.3, -0.25) is 4.68 Å². The van der Waals surface area contributed by atoms with E-state index < -0.39 is 10.0 Å². The number of anilines is 1. The van der Waals surface area contributed by atoms with E-state index in [4.69, 9.17) is 0 Å². The molecule has 1 aliphatic rings. The summed E-state index contributed by atoms with van der Waals surface area (Å²) in [5, 5.41) is 7.35. The summed E-state index contributed by atoms with van der Waals surface area (Å²) in [6.45, 7) is 3.55. The van der Waals surface area contributed by atoms with E-state index >= 15 is 0 Å². The minimum absolute atomic E-state index is 0.156. The monoisotopic (exact) mass is 306 g/mol. The van der Waals surface area contributed by atoms with Crippen LogP contribution in [0, 0.1) is 0 Å². The van der Waals surface area contributed by atoms with Crippen LogP contribution in [0.1, 0.15) is 6.92 Å². The molecule has 1 N–H and O–H groups in total. The van der Waals surface area contributed by atoms with Crippen LogP contribution in [0.3, 0.4) is 0 Å². The molecular weight excluding hydrogens is 288 g/mol. The molecule has 0 atom stereocenters. The Morgan fingerprint density at radius 2 is 2.00 bits per heavy atom. The SMILES string of the molecule is CCn1cc(S(=O)(=O)N2CC(Nc3ccccc3)C2)cn1. The van der Waals surface area contributed by atoms with E-state index in [0.717, 1.165) is 5.69 Å². The van der Waals surface area contributed by atoms with Gasteiger partial charge in [0.2, 0.25) is 10.0 Å². The summed E-state index contributed by atoms with van der Waals surface area (Å²) < 4.78 is 27.9. The molecule has 0 aliphatic carbocycles. The van der Waals surface area contributed by atoms with Crippen molar-refractivity contribution >= 4 is 15.7 Å². The molecule has 0 spiro atoms. The van der Waals surface area contributed by atoms with Gasteiger partial charge in [-0.1, -0.05) is 18.2 Å². The van der Waals surface area contributed by atoms with E-state index in [1.165, 1.54) is 10.5 Å². The third-order valence-corrected chi connectivity index (χ3v) is 5.35. The lowest BCUT2D eigenvalue weighted by molar-refractivity contribution is 0.281. The van der Waals surface area contributed by atoms with Gasteiger partial charge < -0.3 is 5.32 Å². The molecule has 6 nitrogen and oxygen atoms in total. The van der Waals surface area contributed by atoms with Gasteiger partial charge in [-0.2, -0.15) is 9.40 Å². The molecule has 0 unspecified atom stereocenters. The second kappa shape index (κ2) is 5.50. The first-order valence-corrected chi connectivity index (χ1v) is 8.38. The van der Waals surface area contributed by atoms with Crippen LogP contribution in [0.2, 0.25) is 0 Å². The van der Waals surface area contributed by atoms with Crippen molar-refractivity contribution < 1.29 is 8.42 Å². The van der Waals surface area contributed by atoms with Crippen LogP contribution in [0.4, 0.5) is 5.69 Å². The maximum absolute atomic E-state index is 12.4. The summed E-state index contributed by atoms with van der Waals surface area (Å²) in [6.07, 6.45) is 2.99. The molecule has 0 radical (unpaired) electrons. The van der Waals surface area contributed by atoms with Gasteiger partial charge >= 0.3 is 0 Å². The zero-order chi connectivity index (χ0) is 14.9. The Morgan fingerprint density at radius 1 is 1.29 bits per heavy atom. The molecule has 112 valence electrons. The van der Waals surface area contributed by atoms with E-state index in [-0.39, 0.29) is 10.9 Å². The van der Waals surface area contributed by atoms with E-state index in [1.807, 2.05) is 37.3 Å². The Hall–Kier alpha value is -1.86. The first-order chi connectivity index (χ1) is 10.1. The van der Waals surface area contributed by atoms with Gasteiger partial charge in [-0.05, 0) is 19.1 Å². The second-order valence-corrected chi connectivity index (χ2v) is 7.00. The molecule has 0 amide bonds. The third kappa shape index (κ3) is 2.79. The Morgan fingerprint density at radius 3 is 2.62 bits per heavy atom. The number of para-hydroxylation sites is 1. The zero-order valence-electron chi connectivity index (χ0n) is 11.8. The van der Waals surface area contributed by atoms with E-state index in [2.05, 4.69) is 10.4 Å². The van der Waals surface area contributed by atoms with Gasteiger partial charge in [0.05, 0.1) is 12.2 Å². The number of benzene rings is 1. The highest BCUT2D eigenvalue weighted by molar-refractivity contribution is 7.89. The summed E-state index contributed by atoms with van der Waals surface area (Å²) in [5.74, 6) is 0. The molecule has 1 aromatic carbocycles. The summed E-state index contributed by atoms with van der Waals surface area (Å²) >= 11 is 0. The third-order valence-electron chi connectivity index (χ3n) is 3.56. The Bertz CT molecular complexity index is 706. The fraction of sp³-hybridized carbons (Fsp3) is 0.357. The van der Waals surface area contributed by atoms with Crippen LogP contribution in [0.5, 0.6) is 0 Å². The Kier molecular flexibility index (Phi) is 3.69. The van der Waals surface area contributed by atoms with Crippen molar-refractivity contribution in [2.45, 2.75) is 24.4 Å². The van der Waals surface area contributed by atoms with Crippen molar-refractivity contribution in [1.29, 1.82) is 0 Å². The van der Waals surface area contributed by atoms with Crippen molar-refractivity contribution in [3.63, 3.8) is 0 Å². The quantitative estimate of drug-likeness (QED) is 0.906. The van der Waals surface area contributed by atoms with E-state index in [1.54, 1.807) is 10.9 Å². The number of aryl methyl sites for hydroxylation is 1. The molecule has 1 aliphatic heterocycles. The molecule has 1 aromatic heterocycles. The summed E-state index contributed by atoms with van der Waals surface area (Å²) in [4.78, 5) is 0.266. The number of nitrogens with one attached hydrogen (secondary N) is 1. The molecule has 7 heteroatoms. The molecule has 3 rings (SSSR count). The number of aromatic nitrogens is 2. The molecule has 2 aromatic rings. The molecule has 1 fully saturated rings. The highest BCUT2D eigenvalue weighted by atomic mass is 32.2. The Labute approximate surface area is 124 Å². The molecular formula is C14H18N4O2S. The number of hydrogen-bond acceptors (Lipinski definition) is 4. The number of sulfonamides is 1.